The summed E-state index contributed by atoms with van der Waals surface area (Å²) in [6, 6.07) is 0. The highest BCUT2D eigenvalue weighted by molar-refractivity contribution is 6.75. The van der Waals surface area contributed by atoms with Crippen molar-refractivity contribution in [1.82, 2.24) is 0 Å². The average Bonchev–Trinajstić information content (AvgIpc) is 2.36. The average molecular weight is 345 g/mol. The lowest BCUT2D eigenvalue weighted by Crippen LogP contribution is -2.63. The molecule has 0 spiro atoms. The predicted octanol–water partition coefficient (Wildman–Crippen LogP) is 5.43. The Labute approximate surface area is 142 Å². The van der Waals surface area contributed by atoms with Crippen LogP contribution in [0.25, 0.3) is 0 Å². The number of carbonyl (C=O) groups is 1. The molecule has 0 aromatic carbocycles. The van der Waals surface area contributed by atoms with E-state index < -0.39 is 17.1 Å². The molecule has 22 heavy (non-hydrogen) atoms. The first-order valence-electron chi connectivity index (χ1n) is 8.77. The van der Waals surface area contributed by atoms with Gasteiger partial charge in [0.15, 0.2) is 8.32 Å². The minimum atomic E-state index is -1.90. The molecule has 0 aliphatic heterocycles. The largest absolute Gasteiger partial charge is 0.414 e. The lowest BCUT2D eigenvalue weighted by Gasteiger charge is -2.55. The monoisotopic (exact) mass is 344 g/mol. The van der Waals surface area contributed by atoms with Crippen LogP contribution in [0.15, 0.2) is 0 Å². The third-order valence-electron chi connectivity index (χ3n) is 7.05. The topological polar surface area (TPSA) is 26.3 Å². The Kier molecular flexibility index (Phi) is 6.92. The van der Waals surface area contributed by atoms with E-state index >= 15 is 0 Å². The fourth-order valence-electron chi connectivity index (χ4n) is 3.03. The van der Waals surface area contributed by atoms with Crippen molar-refractivity contribution in [3.8, 4) is 0 Å². The highest BCUT2D eigenvalue weighted by atomic mass is 28.4. The van der Waals surface area contributed by atoms with Crippen LogP contribution in [0.3, 0.4) is 0 Å². The second-order valence-electron chi connectivity index (χ2n) is 9.17. The summed E-state index contributed by atoms with van der Waals surface area (Å²) in [5.41, 5.74) is -0.146. The van der Waals surface area contributed by atoms with Gasteiger partial charge in [0.2, 0.25) is 0 Å². The molecule has 0 aliphatic carbocycles. The van der Waals surface area contributed by atoms with Gasteiger partial charge in [-0.25, -0.2) is 0 Å². The molecule has 2 nitrogen and oxygen atoms in total. The van der Waals surface area contributed by atoms with Gasteiger partial charge in [0, 0.05) is 11.1 Å². The van der Waals surface area contributed by atoms with Gasteiger partial charge < -0.3 is 4.43 Å². The van der Waals surface area contributed by atoms with Crippen LogP contribution in [0.5, 0.6) is 0 Å². The smallest absolute Gasteiger partial charge is 0.192 e. The second kappa shape index (κ2) is 6.90. The minimum absolute atomic E-state index is 0.0157. The van der Waals surface area contributed by atoms with Gasteiger partial charge in [-0.1, -0.05) is 61.1 Å². The Hall–Kier alpha value is 0.0638. The van der Waals surface area contributed by atoms with E-state index in [1.54, 1.807) is 6.92 Å². The first kappa shape index (κ1) is 22.1. The molecule has 2 unspecified atom stereocenters. The van der Waals surface area contributed by atoms with Gasteiger partial charge in [0.1, 0.15) is 5.78 Å². The van der Waals surface area contributed by atoms with Gasteiger partial charge in [-0.2, -0.15) is 0 Å². The lowest BCUT2D eigenvalue weighted by molar-refractivity contribution is -0.127. The fraction of sp³-hybridized carbons (Fsp3) is 0.944. The summed E-state index contributed by atoms with van der Waals surface area (Å²) in [5, 5.41) is 0.0489. The Morgan fingerprint density at radius 2 is 1.55 bits per heavy atom. The van der Waals surface area contributed by atoms with E-state index in [1.807, 2.05) is 0 Å². The number of Topliss-reactive ketones (excluding diaryl/α,β-unsaturated/α-hetero) is 1. The van der Waals surface area contributed by atoms with E-state index in [-0.39, 0.29) is 27.4 Å². The molecular formula is C18H40O2Si2. The number of carbonyl (C=O) groups excluding carboxylic acids is 1. The van der Waals surface area contributed by atoms with Crippen LogP contribution in [0, 0.1) is 11.3 Å². The molecule has 0 saturated carbocycles. The Balaban J connectivity index is 5.87. The Morgan fingerprint density at radius 1 is 1.14 bits per heavy atom. The summed E-state index contributed by atoms with van der Waals surface area (Å²) in [6.45, 7) is 26.9. The first-order chi connectivity index (χ1) is 9.57. The Morgan fingerprint density at radius 3 is 1.82 bits per heavy atom. The van der Waals surface area contributed by atoms with Crippen molar-refractivity contribution in [2.75, 3.05) is 0 Å². The van der Waals surface area contributed by atoms with E-state index in [4.69, 9.17) is 4.43 Å². The molecule has 0 saturated heterocycles. The molecule has 0 aromatic heterocycles. The zero-order valence-electron chi connectivity index (χ0n) is 17.2. The third kappa shape index (κ3) is 3.93. The number of ketones is 1. The lowest BCUT2D eigenvalue weighted by atomic mass is 9.73. The van der Waals surface area contributed by atoms with Gasteiger partial charge in [-0.3, -0.25) is 4.79 Å². The summed E-state index contributed by atoms with van der Waals surface area (Å²) >= 11 is 0. The molecule has 0 aliphatic rings. The first-order valence-corrected chi connectivity index (χ1v) is 14.6. The van der Waals surface area contributed by atoms with Crippen LogP contribution < -0.4 is 0 Å². The molecule has 0 fully saturated rings. The van der Waals surface area contributed by atoms with E-state index in [9.17, 15) is 4.79 Å². The van der Waals surface area contributed by atoms with E-state index in [1.165, 1.54) is 0 Å². The molecule has 0 heterocycles. The van der Waals surface area contributed by atoms with Crippen LogP contribution >= 0.6 is 0 Å². The second-order valence-corrected chi connectivity index (χ2v) is 17.2. The van der Waals surface area contributed by atoms with E-state index in [0.29, 0.717) is 0 Å². The van der Waals surface area contributed by atoms with Crippen molar-refractivity contribution in [3.05, 3.63) is 0 Å². The number of hydrogen-bond acceptors (Lipinski definition) is 2. The maximum absolute atomic E-state index is 12.0. The molecule has 0 rings (SSSR count). The van der Waals surface area contributed by atoms with Gasteiger partial charge in [0.05, 0.1) is 8.80 Å². The maximum atomic E-state index is 12.0. The molecule has 0 bridgehead atoms. The van der Waals surface area contributed by atoms with Crippen LogP contribution in [0.4, 0.5) is 0 Å². The predicted molar refractivity (Wildman–Crippen MR) is 104 cm³/mol. The molecule has 0 N–H and O–H groups in total. The number of rotatable bonds is 8. The van der Waals surface area contributed by atoms with Gasteiger partial charge in [0.25, 0.3) is 0 Å². The molecule has 4 heteroatoms. The summed E-state index contributed by atoms with van der Waals surface area (Å²) in [5.74, 6) is 0.283. The standard InChI is InChI=1S/C18H40O2Si2/c1-13-16(4,5)22(11,12)20-18(8,21(9)10)17(6,7)14(2)15(3)19/h14,21H,13H2,1-12H3. The summed E-state index contributed by atoms with van der Waals surface area (Å²) < 4.78 is 7.03. The third-order valence-corrected chi connectivity index (χ3v) is 14.9. The van der Waals surface area contributed by atoms with Crippen molar-refractivity contribution >= 4 is 22.9 Å². The van der Waals surface area contributed by atoms with Gasteiger partial charge in [-0.05, 0) is 37.4 Å². The molecule has 2 atom stereocenters. The summed E-state index contributed by atoms with van der Waals surface area (Å²) in [4.78, 5) is 12.0. The minimum Gasteiger partial charge on any atom is -0.414 e. The van der Waals surface area contributed by atoms with E-state index in [2.05, 4.69) is 74.7 Å². The number of hydrogen-bond donors (Lipinski definition) is 0. The highest BCUT2D eigenvalue weighted by Gasteiger charge is 2.54. The Bertz CT molecular complexity index is 400. The van der Waals surface area contributed by atoms with Crippen molar-refractivity contribution in [2.24, 2.45) is 11.3 Å². The summed E-state index contributed by atoms with van der Waals surface area (Å²) in [7, 11) is -3.04. The normalized spacial score (nSPS) is 18.2. The zero-order chi connectivity index (χ0) is 18.1. The van der Waals surface area contributed by atoms with Crippen molar-refractivity contribution < 1.29 is 9.22 Å². The maximum Gasteiger partial charge on any atom is 0.192 e. The van der Waals surface area contributed by atoms with Crippen molar-refractivity contribution in [2.45, 2.75) is 98.3 Å². The van der Waals surface area contributed by atoms with E-state index in [0.717, 1.165) is 6.42 Å². The van der Waals surface area contributed by atoms with Crippen LogP contribution in [-0.4, -0.2) is 28.1 Å². The van der Waals surface area contributed by atoms with Crippen LogP contribution in [0.1, 0.15) is 61.8 Å². The van der Waals surface area contributed by atoms with Crippen LogP contribution in [-0.2, 0) is 9.22 Å². The molecule has 0 aromatic rings. The zero-order valence-corrected chi connectivity index (χ0v) is 19.3. The van der Waals surface area contributed by atoms with Gasteiger partial charge in [-0.15, -0.1) is 0 Å². The molecule has 0 radical (unpaired) electrons. The highest BCUT2D eigenvalue weighted by Crippen LogP contribution is 2.49. The van der Waals surface area contributed by atoms with Crippen molar-refractivity contribution in [1.29, 1.82) is 0 Å². The van der Waals surface area contributed by atoms with Gasteiger partial charge >= 0.3 is 0 Å². The van der Waals surface area contributed by atoms with Crippen molar-refractivity contribution in [3.63, 3.8) is 0 Å². The van der Waals surface area contributed by atoms with Crippen LogP contribution in [0.2, 0.25) is 31.2 Å². The fourth-order valence-corrected chi connectivity index (χ4v) is 9.04. The molecule has 0 amide bonds. The SMILES string of the molecule is CCC(C)(C)[Si](C)(C)OC(C)([SiH](C)C)C(C)(C)C(C)C(C)=O. The summed E-state index contributed by atoms with van der Waals surface area (Å²) in [6.07, 6.45) is 1.13. The quantitative estimate of drug-likeness (QED) is 0.548. The molecular weight excluding hydrogens is 304 g/mol. The molecule has 132 valence electrons.